The van der Waals surface area contributed by atoms with Crippen LogP contribution in [0.25, 0.3) is 0 Å². The van der Waals surface area contributed by atoms with Gasteiger partial charge in [0.1, 0.15) is 5.60 Å². The topological polar surface area (TPSA) is 53.6 Å². The number of hydrogen-bond acceptors (Lipinski definition) is 4. The first-order valence-corrected chi connectivity index (χ1v) is 5.90. The Labute approximate surface area is 96.5 Å². The van der Waals surface area contributed by atoms with Gasteiger partial charge in [0.25, 0.3) is 0 Å². The van der Waals surface area contributed by atoms with Crippen molar-refractivity contribution in [3.05, 3.63) is 0 Å². The summed E-state index contributed by atoms with van der Waals surface area (Å²) in [5.41, 5.74) is -0.411. The van der Waals surface area contributed by atoms with Crippen molar-refractivity contribution in [2.45, 2.75) is 38.5 Å². The first kappa shape index (κ1) is 11.7. The van der Waals surface area contributed by atoms with Crippen molar-refractivity contribution >= 4 is 6.09 Å². The number of carbonyl (C=O) groups excluding carboxylic acids is 1. The van der Waals surface area contributed by atoms with E-state index in [9.17, 15) is 4.79 Å². The Morgan fingerprint density at radius 1 is 1.19 bits per heavy atom. The van der Waals surface area contributed by atoms with Crippen molar-refractivity contribution < 1.29 is 9.53 Å². The summed E-state index contributed by atoms with van der Waals surface area (Å²) in [6.07, 6.45) is -0.203. The number of fused-ring (bicyclic) bond motifs is 1. The van der Waals surface area contributed by atoms with E-state index in [0.717, 1.165) is 26.2 Å². The molecule has 2 saturated heterocycles. The second-order valence-corrected chi connectivity index (χ2v) is 5.51. The molecule has 0 aliphatic carbocycles. The molecule has 1 amide bonds. The molecule has 0 aromatic rings. The standard InChI is InChI=1S/C11H21N3O2/c1-11(2,3)16-10(15)14-6-8-9(7-14)13-5-4-12-8/h8-9,12-13H,4-7H2,1-3H3/t8-,9+. The molecule has 2 rings (SSSR count). The highest BCUT2D eigenvalue weighted by Gasteiger charge is 2.37. The predicted octanol–water partition coefficient (Wildman–Crippen LogP) is 0.167. The Bertz CT molecular complexity index is 261. The normalized spacial score (nSPS) is 30.1. The van der Waals surface area contributed by atoms with Gasteiger partial charge in [-0.25, -0.2) is 4.79 Å². The van der Waals surface area contributed by atoms with Gasteiger partial charge in [-0.3, -0.25) is 0 Å². The molecular formula is C11H21N3O2. The Hall–Kier alpha value is -0.810. The van der Waals surface area contributed by atoms with Gasteiger partial charge in [0.05, 0.1) is 0 Å². The summed E-state index contributed by atoms with van der Waals surface area (Å²) in [4.78, 5) is 13.6. The second-order valence-electron chi connectivity index (χ2n) is 5.51. The van der Waals surface area contributed by atoms with Crippen LogP contribution in [0, 0.1) is 0 Å². The molecule has 2 aliphatic rings. The highest BCUT2D eigenvalue weighted by molar-refractivity contribution is 5.68. The zero-order valence-electron chi connectivity index (χ0n) is 10.2. The third-order valence-electron chi connectivity index (χ3n) is 2.91. The number of likely N-dealkylation sites (tertiary alicyclic amines) is 1. The Balaban J connectivity index is 1.90. The zero-order chi connectivity index (χ0) is 11.8. The van der Waals surface area contributed by atoms with E-state index in [-0.39, 0.29) is 6.09 Å². The Morgan fingerprint density at radius 3 is 2.12 bits per heavy atom. The lowest BCUT2D eigenvalue weighted by Crippen LogP contribution is -2.55. The molecule has 2 fully saturated rings. The summed E-state index contributed by atoms with van der Waals surface area (Å²) in [5.74, 6) is 0. The minimum absolute atomic E-state index is 0.203. The van der Waals surface area contributed by atoms with Crippen molar-refractivity contribution in [3.63, 3.8) is 0 Å². The first-order valence-electron chi connectivity index (χ1n) is 5.90. The van der Waals surface area contributed by atoms with Crippen LogP contribution in [0.5, 0.6) is 0 Å². The van der Waals surface area contributed by atoms with E-state index >= 15 is 0 Å². The SMILES string of the molecule is CC(C)(C)OC(=O)N1C[C@@H]2NCCN[C@@H]2C1. The highest BCUT2D eigenvalue weighted by atomic mass is 16.6. The van der Waals surface area contributed by atoms with E-state index in [0.29, 0.717) is 12.1 Å². The molecule has 0 bridgehead atoms. The predicted molar refractivity (Wildman–Crippen MR) is 61.4 cm³/mol. The van der Waals surface area contributed by atoms with E-state index in [1.165, 1.54) is 0 Å². The number of piperazine rings is 1. The number of amides is 1. The molecular weight excluding hydrogens is 206 g/mol. The number of nitrogens with zero attached hydrogens (tertiary/aromatic N) is 1. The molecule has 0 saturated carbocycles. The summed E-state index contributed by atoms with van der Waals surface area (Å²) >= 11 is 0. The first-order chi connectivity index (χ1) is 7.46. The minimum atomic E-state index is -0.411. The van der Waals surface area contributed by atoms with Gasteiger partial charge < -0.3 is 20.3 Å². The molecule has 2 N–H and O–H groups in total. The zero-order valence-corrected chi connectivity index (χ0v) is 10.2. The van der Waals surface area contributed by atoms with Crippen molar-refractivity contribution in [1.82, 2.24) is 15.5 Å². The molecule has 2 heterocycles. The third-order valence-corrected chi connectivity index (χ3v) is 2.91. The molecule has 0 aromatic heterocycles. The molecule has 0 aromatic carbocycles. The van der Waals surface area contributed by atoms with Crippen LogP contribution in [0.2, 0.25) is 0 Å². The Morgan fingerprint density at radius 2 is 1.69 bits per heavy atom. The minimum Gasteiger partial charge on any atom is -0.444 e. The van der Waals surface area contributed by atoms with Gasteiger partial charge in [-0.1, -0.05) is 0 Å². The van der Waals surface area contributed by atoms with Crippen LogP contribution in [-0.4, -0.2) is 54.9 Å². The molecule has 0 radical (unpaired) electrons. The lowest BCUT2D eigenvalue weighted by molar-refractivity contribution is 0.0289. The summed E-state index contributed by atoms with van der Waals surface area (Å²) < 4.78 is 5.36. The number of rotatable bonds is 0. The maximum atomic E-state index is 11.9. The maximum Gasteiger partial charge on any atom is 0.410 e. The van der Waals surface area contributed by atoms with E-state index < -0.39 is 5.60 Å². The number of carbonyl (C=O) groups is 1. The number of hydrogen-bond donors (Lipinski definition) is 2. The van der Waals surface area contributed by atoms with Crippen LogP contribution in [0.15, 0.2) is 0 Å². The lowest BCUT2D eigenvalue weighted by Gasteiger charge is -2.26. The number of nitrogens with one attached hydrogen (secondary N) is 2. The smallest absolute Gasteiger partial charge is 0.410 e. The lowest BCUT2D eigenvalue weighted by atomic mass is 10.1. The summed E-state index contributed by atoms with van der Waals surface area (Å²) in [7, 11) is 0. The average molecular weight is 227 g/mol. The van der Waals surface area contributed by atoms with Gasteiger partial charge in [-0.15, -0.1) is 0 Å². The molecule has 0 unspecified atom stereocenters. The molecule has 2 aliphatic heterocycles. The van der Waals surface area contributed by atoms with Crippen LogP contribution < -0.4 is 10.6 Å². The van der Waals surface area contributed by atoms with Crippen molar-refractivity contribution in [2.24, 2.45) is 0 Å². The average Bonchev–Trinajstić information content (AvgIpc) is 2.58. The monoisotopic (exact) mass is 227 g/mol. The van der Waals surface area contributed by atoms with Gasteiger partial charge in [0.15, 0.2) is 0 Å². The highest BCUT2D eigenvalue weighted by Crippen LogP contribution is 2.16. The third kappa shape index (κ3) is 2.65. The van der Waals surface area contributed by atoms with Crippen LogP contribution in [-0.2, 0) is 4.74 Å². The van der Waals surface area contributed by atoms with Crippen molar-refractivity contribution in [2.75, 3.05) is 26.2 Å². The van der Waals surface area contributed by atoms with Crippen LogP contribution >= 0.6 is 0 Å². The molecule has 0 spiro atoms. The fraction of sp³-hybridized carbons (Fsp3) is 0.909. The van der Waals surface area contributed by atoms with Gasteiger partial charge in [-0.05, 0) is 20.8 Å². The van der Waals surface area contributed by atoms with Gasteiger partial charge in [-0.2, -0.15) is 0 Å². The molecule has 92 valence electrons. The Kier molecular flexibility index (Phi) is 3.08. The van der Waals surface area contributed by atoms with E-state index in [2.05, 4.69) is 10.6 Å². The molecule has 16 heavy (non-hydrogen) atoms. The largest absolute Gasteiger partial charge is 0.444 e. The summed E-state index contributed by atoms with van der Waals surface area (Å²) in [5, 5.41) is 6.83. The second kappa shape index (κ2) is 4.22. The van der Waals surface area contributed by atoms with E-state index in [1.807, 2.05) is 20.8 Å². The van der Waals surface area contributed by atoms with E-state index in [4.69, 9.17) is 4.74 Å². The molecule has 5 heteroatoms. The van der Waals surface area contributed by atoms with E-state index in [1.54, 1.807) is 4.90 Å². The maximum absolute atomic E-state index is 11.9. The summed E-state index contributed by atoms with van der Waals surface area (Å²) in [6.45, 7) is 9.12. The fourth-order valence-corrected chi connectivity index (χ4v) is 2.21. The van der Waals surface area contributed by atoms with Gasteiger partial charge in [0, 0.05) is 38.3 Å². The summed E-state index contributed by atoms with van der Waals surface area (Å²) in [6, 6.07) is 0.752. The van der Waals surface area contributed by atoms with Crippen LogP contribution in [0.1, 0.15) is 20.8 Å². The van der Waals surface area contributed by atoms with Gasteiger partial charge in [0.2, 0.25) is 0 Å². The quantitative estimate of drug-likeness (QED) is 0.619. The van der Waals surface area contributed by atoms with Crippen molar-refractivity contribution in [3.8, 4) is 0 Å². The van der Waals surface area contributed by atoms with Gasteiger partial charge >= 0.3 is 6.09 Å². The fourth-order valence-electron chi connectivity index (χ4n) is 2.21. The molecule has 5 nitrogen and oxygen atoms in total. The molecule has 2 atom stereocenters. The van der Waals surface area contributed by atoms with Crippen LogP contribution in [0.3, 0.4) is 0 Å². The van der Waals surface area contributed by atoms with Crippen molar-refractivity contribution in [1.29, 1.82) is 0 Å². The van der Waals surface area contributed by atoms with Crippen LogP contribution in [0.4, 0.5) is 4.79 Å². The number of ether oxygens (including phenoxy) is 1.